The minimum atomic E-state index is -4.34. The predicted octanol–water partition coefficient (Wildman–Crippen LogP) is -0.401. The monoisotopic (exact) mass is 222 g/mol. The van der Waals surface area contributed by atoms with Gasteiger partial charge >= 0.3 is 13.7 Å². The minimum Gasteiger partial charge on any atom is -0.480 e. The molecule has 0 saturated carbocycles. The zero-order valence-corrected chi connectivity index (χ0v) is 8.33. The molecule has 1 aliphatic heterocycles. The van der Waals surface area contributed by atoms with Gasteiger partial charge in [-0.25, -0.2) is 4.57 Å². The molecule has 1 aliphatic rings. The Morgan fingerprint density at radius 2 is 2.07 bits per heavy atom. The van der Waals surface area contributed by atoms with E-state index in [2.05, 4.69) is 0 Å². The van der Waals surface area contributed by atoms with Gasteiger partial charge < -0.3 is 19.8 Å². The summed E-state index contributed by atoms with van der Waals surface area (Å²) in [6, 6.07) is 0. The Hall–Kier alpha value is -1.04. The summed E-state index contributed by atoms with van der Waals surface area (Å²) in [7, 11) is -4.34. The van der Waals surface area contributed by atoms with Crippen molar-refractivity contribution in [2.45, 2.75) is 13.1 Å². The van der Waals surface area contributed by atoms with Crippen LogP contribution in [0, 0.1) is 0 Å². The van der Waals surface area contributed by atoms with E-state index in [0.717, 1.165) is 4.67 Å². The largest absolute Gasteiger partial charge is 0.480 e. The summed E-state index contributed by atoms with van der Waals surface area (Å²) in [4.78, 5) is 29.4. The van der Waals surface area contributed by atoms with Crippen LogP contribution in [-0.4, -0.2) is 43.1 Å². The number of nitrogens with zero attached hydrogens (tertiary/aromatic N) is 2. The molecule has 3 N–H and O–H groups in total. The number of aliphatic carboxylic acids is 1. The van der Waals surface area contributed by atoms with Gasteiger partial charge in [0.1, 0.15) is 12.7 Å². The number of carboxylic acids is 1. The van der Waals surface area contributed by atoms with Crippen LogP contribution < -0.4 is 0 Å². The lowest BCUT2D eigenvalue weighted by Gasteiger charge is -2.28. The Labute approximate surface area is 80.5 Å². The SMILES string of the molecule is CC1N(CC(=O)O)C=CN1P(=O)(O)O. The van der Waals surface area contributed by atoms with Crippen LogP contribution in [-0.2, 0) is 9.36 Å². The van der Waals surface area contributed by atoms with E-state index in [1.807, 2.05) is 0 Å². The molecule has 0 saturated heterocycles. The third kappa shape index (κ3) is 2.25. The predicted molar refractivity (Wildman–Crippen MR) is 46.8 cm³/mol. The van der Waals surface area contributed by atoms with Crippen LogP contribution in [0.3, 0.4) is 0 Å². The van der Waals surface area contributed by atoms with Gasteiger partial charge in [-0.15, -0.1) is 0 Å². The maximum absolute atomic E-state index is 10.9. The number of carbonyl (C=O) groups is 1. The molecule has 14 heavy (non-hydrogen) atoms. The summed E-state index contributed by atoms with van der Waals surface area (Å²) >= 11 is 0. The quantitative estimate of drug-likeness (QED) is 0.558. The van der Waals surface area contributed by atoms with Crippen LogP contribution in [0.25, 0.3) is 0 Å². The second-order valence-electron chi connectivity index (χ2n) is 2.89. The van der Waals surface area contributed by atoms with Gasteiger partial charge in [0.25, 0.3) is 0 Å². The van der Waals surface area contributed by atoms with Gasteiger partial charge in [-0.1, -0.05) is 0 Å². The highest BCUT2D eigenvalue weighted by atomic mass is 31.2. The second kappa shape index (κ2) is 3.61. The molecule has 0 spiro atoms. The highest BCUT2D eigenvalue weighted by Crippen LogP contribution is 2.44. The molecule has 1 rings (SSSR count). The Bertz CT molecular complexity index is 311. The van der Waals surface area contributed by atoms with Gasteiger partial charge in [0.15, 0.2) is 0 Å². The van der Waals surface area contributed by atoms with E-state index < -0.39 is 19.9 Å². The maximum Gasteiger partial charge on any atom is 0.431 e. The van der Waals surface area contributed by atoms with Crippen molar-refractivity contribution < 1.29 is 24.3 Å². The molecular formula is C6H11N2O5P. The van der Waals surface area contributed by atoms with E-state index >= 15 is 0 Å². The highest BCUT2D eigenvalue weighted by Gasteiger charge is 2.34. The molecule has 0 bridgehead atoms. The molecule has 0 aromatic heterocycles. The van der Waals surface area contributed by atoms with Gasteiger partial charge in [-0.3, -0.25) is 9.46 Å². The first kappa shape index (κ1) is 11.0. The summed E-state index contributed by atoms with van der Waals surface area (Å²) in [6.07, 6.45) is 1.89. The third-order valence-electron chi connectivity index (χ3n) is 1.89. The van der Waals surface area contributed by atoms with E-state index in [4.69, 9.17) is 14.9 Å². The first-order valence-corrected chi connectivity index (χ1v) is 5.39. The van der Waals surface area contributed by atoms with Crippen molar-refractivity contribution in [3.63, 3.8) is 0 Å². The van der Waals surface area contributed by atoms with Crippen LogP contribution in [0.4, 0.5) is 0 Å². The summed E-state index contributed by atoms with van der Waals surface area (Å²) in [5.41, 5.74) is 0. The summed E-state index contributed by atoms with van der Waals surface area (Å²) < 4.78 is 11.7. The molecule has 8 heteroatoms. The van der Waals surface area contributed by atoms with Crippen LogP contribution in [0.5, 0.6) is 0 Å². The van der Waals surface area contributed by atoms with Crippen molar-refractivity contribution in [1.29, 1.82) is 0 Å². The fraction of sp³-hybridized carbons (Fsp3) is 0.500. The van der Waals surface area contributed by atoms with Crippen LogP contribution in [0.15, 0.2) is 12.4 Å². The molecule has 0 aliphatic carbocycles. The molecular weight excluding hydrogens is 211 g/mol. The smallest absolute Gasteiger partial charge is 0.431 e. The van der Waals surface area contributed by atoms with Crippen molar-refractivity contribution in [3.05, 3.63) is 12.4 Å². The first-order valence-electron chi connectivity index (χ1n) is 3.82. The lowest BCUT2D eigenvalue weighted by Crippen LogP contribution is -2.37. The average molecular weight is 222 g/mol. The molecule has 1 unspecified atom stereocenters. The molecule has 0 fully saturated rings. The number of hydrogen-bond donors (Lipinski definition) is 3. The van der Waals surface area contributed by atoms with Crippen molar-refractivity contribution >= 4 is 13.7 Å². The summed E-state index contributed by atoms with van der Waals surface area (Å²) in [5.74, 6) is -1.05. The molecule has 0 aromatic rings. The highest BCUT2D eigenvalue weighted by molar-refractivity contribution is 7.49. The Kier molecular flexibility index (Phi) is 2.84. The van der Waals surface area contributed by atoms with E-state index in [1.54, 1.807) is 0 Å². The minimum absolute atomic E-state index is 0.284. The summed E-state index contributed by atoms with van der Waals surface area (Å²) in [6.45, 7) is 1.23. The number of rotatable bonds is 3. The molecule has 80 valence electrons. The molecule has 0 amide bonds. The topological polar surface area (TPSA) is 101 Å². The fourth-order valence-electron chi connectivity index (χ4n) is 1.20. The molecule has 1 heterocycles. The van der Waals surface area contributed by atoms with Crippen molar-refractivity contribution in [1.82, 2.24) is 9.57 Å². The van der Waals surface area contributed by atoms with E-state index in [1.165, 1.54) is 24.2 Å². The van der Waals surface area contributed by atoms with Crippen molar-refractivity contribution in [2.75, 3.05) is 6.54 Å². The van der Waals surface area contributed by atoms with Gasteiger partial charge in [0, 0.05) is 12.4 Å². The Balaban J connectivity index is 2.70. The number of carboxylic acid groups (broad SMARTS) is 1. The average Bonchev–Trinajstić information content (AvgIpc) is 2.30. The van der Waals surface area contributed by atoms with E-state index in [0.29, 0.717) is 0 Å². The molecule has 0 aromatic carbocycles. The van der Waals surface area contributed by atoms with Gasteiger partial charge in [-0.2, -0.15) is 0 Å². The van der Waals surface area contributed by atoms with Crippen molar-refractivity contribution in [3.8, 4) is 0 Å². The van der Waals surface area contributed by atoms with Crippen molar-refractivity contribution in [2.24, 2.45) is 0 Å². The fourth-order valence-corrected chi connectivity index (χ4v) is 2.00. The Morgan fingerprint density at radius 3 is 2.43 bits per heavy atom. The van der Waals surface area contributed by atoms with Crippen LogP contribution in [0.2, 0.25) is 0 Å². The molecule has 1 atom stereocenters. The van der Waals surface area contributed by atoms with E-state index in [-0.39, 0.29) is 6.54 Å². The molecule has 7 nitrogen and oxygen atoms in total. The standard InChI is InChI=1S/C6H11N2O5P/c1-5-7(4-6(9)10)2-3-8(5)14(11,12)13/h2-3,5H,4H2,1H3,(H,9,10)(H2,11,12,13). The molecule has 0 radical (unpaired) electrons. The Morgan fingerprint density at radius 1 is 1.50 bits per heavy atom. The lowest BCUT2D eigenvalue weighted by molar-refractivity contribution is -0.138. The van der Waals surface area contributed by atoms with Gasteiger partial charge in [0.05, 0.1) is 0 Å². The zero-order chi connectivity index (χ0) is 10.9. The summed E-state index contributed by atoms with van der Waals surface area (Å²) in [5, 5.41) is 8.49. The first-order chi connectivity index (χ1) is 6.32. The zero-order valence-electron chi connectivity index (χ0n) is 7.44. The van der Waals surface area contributed by atoms with Gasteiger partial charge in [-0.05, 0) is 6.92 Å². The van der Waals surface area contributed by atoms with Gasteiger partial charge in [0.2, 0.25) is 0 Å². The number of hydrogen-bond acceptors (Lipinski definition) is 3. The maximum atomic E-state index is 10.9. The normalized spacial score (nSPS) is 21.8. The third-order valence-corrected chi connectivity index (χ3v) is 2.96. The second-order valence-corrected chi connectivity index (χ2v) is 4.38. The van der Waals surface area contributed by atoms with E-state index in [9.17, 15) is 9.36 Å². The van der Waals surface area contributed by atoms with Crippen LogP contribution in [0.1, 0.15) is 6.92 Å². The lowest BCUT2D eigenvalue weighted by atomic mass is 10.5. The van der Waals surface area contributed by atoms with Crippen LogP contribution >= 0.6 is 7.75 Å².